The molecule has 4 heteroatoms. The van der Waals surface area contributed by atoms with Gasteiger partial charge in [-0.15, -0.1) is 23.5 Å². The van der Waals surface area contributed by atoms with Crippen molar-refractivity contribution in [2.75, 3.05) is 11.5 Å². The molecule has 1 aliphatic heterocycles. The molecular formula is C17H14O2S2. The largest absolute Gasteiger partial charge is 0.423 e. The van der Waals surface area contributed by atoms with Gasteiger partial charge in [0, 0.05) is 16.4 Å². The number of thioether (sulfide) groups is 2. The van der Waals surface area contributed by atoms with E-state index >= 15 is 0 Å². The summed E-state index contributed by atoms with van der Waals surface area (Å²) in [5.41, 5.74) is 1.72. The molecule has 0 aromatic heterocycles. The van der Waals surface area contributed by atoms with Crippen molar-refractivity contribution in [3.8, 4) is 5.75 Å². The lowest BCUT2D eigenvalue weighted by Gasteiger charge is -2.12. The molecule has 0 N–H and O–H groups in total. The zero-order valence-corrected chi connectivity index (χ0v) is 13.0. The minimum Gasteiger partial charge on any atom is -0.423 e. The van der Waals surface area contributed by atoms with Crippen LogP contribution in [0.2, 0.25) is 0 Å². The van der Waals surface area contributed by atoms with E-state index in [1.165, 1.54) is 4.91 Å². The molecule has 2 nitrogen and oxygen atoms in total. The summed E-state index contributed by atoms with van der Waals surface area (Å²) in [5, 5.41) is 2.19. The number of benzene rings is 2. The third-order valence-corrected chi connectivity index (χ3v) is 5.33. The molecule has 106 valence electrons. The summed E-state index contributed by atoms with van der Waals surface area (Å²) in [6.45, 7) is 0. The van der Waals surface area contributed by atoms with Gasteiger partial charge in [-0.3, -0.25) is 0 Å². The number of esters is 1. The van der Waals surface area contributed by atoms with E-state index in [-0.39, 0.29) is 5.97 Å². The highest BCUT2D eigenvalue weighted by molar-refractivity contribution is 8.13. The van der Waals surface area contributed by atoms with Gasteiger partial charge in [0.25, 0.3) is 0 Å². The number of carbonyl (C=O) groups excluding carboxylic acids is 1. The molecule has 0 atom stereocenters. The van der Waals surface area contributed by atoms with Gasteiger partial charge in [-0.2, -0.15) is 0 Å². The first-order valence-electron chi connectivity index (χ1n) is 6.65. The Hall–Kier alpha value is -1.65. The monoisotopic (exact) mass is 314 g/mol. The van der Waals surface area contributed by atoms with E-state index in [2.05, 4.69) is 5.41 Å². The van der Waals surface area contributed by atoms with Crippen LogP contribution in [0.1, 0.15) is 15.9 Å². The molecule has 0 radical (unpaired) electrons. The lowest BCUT2D eigenvalue weighted by molar-refractivity contribution is 0.0735. The number of hydrogen-bond acceptors (Lipinski definition) is 4. The minimum atomic E-state index is -0.326. The SMILES string of the molecule is O=C(Oc1ccccc1)c1ccc(C2=CSCCS2)cc1. The Morgan fingerprint density at radius 1 is 0.952 bits per heavy atom. The predicted octanol–water partition coefficient (Wildman–Crippen LogP) is 4.68. The molecule has 0 fully saturated rings. The summed E-state index contributed by atoms with van der Waals surface area (Å²) >= 11 is 3.69. The maximum atomic E-state index is 12.1. The molecule has 0 saturated heterocycles. The Kier molecular flexibility index (Phi) is 4.68. The summed E-state index contributed by atoms with van der Waals surface area (Å²) in [7, 11) is 0. The Morgan fingerprint density at radius 2 is 1.71 bits per heavy atom. The van der Waals surface area contributed by atoms with Gasteiger partial charge in [-0.1, -0.05) is 30.3 Å². The van der Waals surface area contributed by atoms with Crippen LogP contribution in [-0.2, 0) is 0 Å². The van der Waals surface area contributed by atoms with Crippen LogP contribution in [-0.4, -0.2) is 17.5 Å². The first kappa shape index (κ1) is 14.3. The van der Waals surface area contributed by atoms with Crippen LogP contribution in [0.4, 0.5) is 0 Å². The quantitative estimate of drug-likeness (QED) is 0.607. The lowest BCUT2D eigenvalue weighted by atomic mass is 10.1. The summed E-state index contributed by atoms with van der Waals surface area (Å²) in [4.78, 5) is 13.3. The Bertz CT molecular complexity index is 648. The Labute approximate surface area is 132 Å². The van der Waals surface area contributed by atoms with E-state index in [9.17, 15) is 4.79 Å². The van der Waals surface area contributed by atoms with Crippen LogP contribution in [0.5, 0.6) is 5.75 Å². The van der Waals surface area contributed by atoms with E-state index < -0.39 is 0 Å². The molecule has 3 rings (SSSR count). The Balaban J connectivity index is 1.72. The van der Waals surface area contributed by atoms with E-state index in [1.54, 1.807) is 12.1 Å². The zero-order chi connectivity index (χ0) is 14.5. The topological polar surface area (TPSA) is 26.3 Å². The van der Waals surface area contributed by atoms with Crippen molar-refractivity contribution in [2.24, 2.45) is 0 Å². The van der Waals surface area contributed by atoms with E-state index in [4.69, 9.17) is 4.74 Å². The fourth-order valence-electron chi connectivity index (χ4n) is 1.94. The third-order valence-electron chi connectivity index (χ3n) is 3.01. The zero-order valence-electron chi connectivity index (χ0n) is 11.3. The van der Waals surface area contributed by atoms with Crippen LogP contribution in [0, 0.1) is 0 Å². The van der Waals surface area contributed by atoms with Crippen LogP contribution < -0.4 is 4.74 Å². The highest BCUT2D eigenvalue weighted by atomic mass is 32.2. The van der Waals surface area contributed by atoms with Crippen molar-refractivity contribution in [3.05, 3.63) is 71.1 Å². The molecule has 0 spiro atoms. The molecule has 1 aliphatic rings. The summed E-state index contributed by atoms with van der Waals surface area (Å²) < 4.78 is 5.32. The van der Waals surface area contributed by atoms with Gasteiger partial charge in [0.05, 0.1) is 5.56 Å². The van der Waals surface area contributed by atoms with Gasteiger partial charge in [0.1, 0.15) is 5.75 Å². The number of hydrogen-bond donors (Lipinski definition) is 0. The van der Waals surface area contributed by atoms with Crippen LogP contribution in [0.15, 0.2) is 60.0 Å². The van der Waals surface area contributed by atoms with Crippen molar-refractivity contribution in [2.45, 2.75) is 0 Å². The molecule has 0 unspecified atom stereocenters. The predicted molar refractivity (Wildman–Crippen MR) is 90.7 cm³/mol. The van der Waals surface area contributed by atoms with Crippen molar-refractivity contribution >= 4 is 34.4 Å². The van der Waals surface area contributed by atoms with Crippen LogP contribution in [0.3, 0.4) is 0 Å². The Morgan fingerprint density at radius 3 is 2.38 bits per heavy atom. The second-order valence-electron chi connectivity index (χ2n) is 4.48. The average Bonchev–Trinajstić information content (AvgIpc) is 2.57. The fraction of sp³-hybridized carbons (Fsp3) is 0.118. The van der Waals surface area contributed by atoms with E-state index in [1.807, 2.05) is 66.0 Å². The molecular weight excluding hydrogens is 300 g/mol. The third kappa shape index (κ3) is 3.71. The maximum absolute atomic E-state index is 12.1. The number of ether oxygens (including phenoxy) is 1. The maximum Gasteiger partial charge on any atom is 0.343 e. The smallest absolute Gasteiger partial charge is 0.343 e. The van der Waals surface area contributed by atoms with Crippen molar-refractivity contribution in [3.63, 3.8) is 0 Å². The summed E-state index contributed by atoms with van der Waals surface area (Å²) in [6.07, 6.45) is 0. The van der Waals surface area contributed by atoms with Gasteiger partial charge in [-0.25, -0.2) is 4.79 Å². The molecule has 0 bridgehead atoms. The van der Waals surface area contributed by atoms with E-state index in [0.29, 0.717) is 11.3 Å². The standard InChI is InChI=1S/C17H14O2S2/c18-17(19-15-4-2-1-3-5-15)14-8-6-13(7-9-14)16-12-20-10-11-21-16/h1-9,12H,10-11H2. The number of rotatable bonds is 3. The van der Waals surface area contributed by atoms with Gasteiger partial charge in [-0.05, 0) is 35.2 Å². The van der Waals surface area contributed by atoms with Gasteiger partial charge in [0.2, 0.25) is 0 Å². The summed E-state index contributed by atoms with van der Waals surface area (Å²) in [6, 6.07) is 16.7. The van der Waals surface area contributed by atoms with E-state index in [0.717, 1.165) is 17.1 Å². The van der Waals surface area contributed by atoms with Crippen molar-refractivity contribution in [1.82, 2.24) is 0 Å². The fourth-order valence-corrected chi connectivity index (χ4v) is 4.07. The molecule has 21 heavy (non-hydrogen) atoms. The highest BCUT2D eigenvalue weighted by Gasteiger charge is 2.11. The van der Waals surface area contributed by atoms with Gasteiger partial charge >= 0.3 is 5.97 Å². The molecule has 2 aromatic carbocycles. The summed E-state index contributed by atoms with van der Waals surface area (Å²) in [5.74, 6) is 2.53. The molecule has 2 aromatic rings. The van der Waals surface area contributed by atoms with Crippen molar-refractivity contribution in [1.29, 1.82) is 0 Å². The first-order valence-corrected chi connectivity index (χ1v) is 8.68. The van der Waals surface area contributed by atoms with Gasteiger partial charge < -0.3 is 4.74 Å². The first-order chi connectivity index (χ1) is 10.3. The number of para-hydroxylation sites is 1. The molecule has 1 heterocycles. The second kappa shape index (κ2) is 6.87. The molecule has 0 amide bonds. The van der Waals surface area contributed by atoms with Crippen molar-refractivity contribution < 1.29 is 9.53 Å². The minimum absolute atomic E-state index is 0.326. The highest BCUT2D eigenvalue weighted by Crippen LogP contribution is 2.34. The lowest BCUT2D eigenvalue weighted by Crippen LogP contribution is -2.08. The molecule has 0 aliphatic carbocycles. The van der Waals surface area contributed by atoms with Gasteiger partial charge in [0.15, 0.2) is 0 Å². The van der Waals surface area contributed by atoms with Crippen LogP contribution in [0.25, 0.3) is 4.91 Å². The number of carbonyl (C=O) groups is 1. The second-order valence-corrected chi connectivity index (χ2v) is 6.60. The molecule has 0 saturated carbocycles. The average molecular weight is 314 g/mol. The normalized spacial score (nSPS) is 14.4. The van der Waals surface area contributed by atoms with Crippen LogP contribution >= 0.6 is 23.5 Å².